The molecule has 0 bridgehead atoms. The lowest BCUT2D eigenvalue weighted by Gasteiger charge is -1.96. The molecule has 55 valence electrons. The molecule has 0 saturated heterocycles. The summed E-state index contributed by atoms with van der Waals surface area (Å²) < 4.78 is 4.70. The summed E-state index contributed by atoms with van der Waals surface area (Å²) in [7, 11) is 0. The van der Waals surface area contributed by atoms with Crippen molar-refractivity contribution in [2.24, 2.45) is 5.10 Å². The van der Waals surface area contributed by atoms with Gasteiger partial charge in [-0.05, 0) is 6.92 Å². The fraction of sp³-hybridized carbons (Fsp3) is 0.667. The maximum atomic E-state index is 10.8. The number of rotatable bonds is 2. The number of nitrogens with zero attached hydrogens (tertiary/aromatic N) is 2. The van der Waals surface area contributed by atoms with Crippen molar-refractivity contribution < 1.29 is 9.53 Å². The third-order valence-electron chi connectivity index (χ3n) is 1.15. The van der Waals surface area contributed by atoms with Crippen LogP contribution >= 0.6 is 0 Å². The highest BCUT2D eigenvalue weighted by Crippen LogP contribution is 1.96. The van der Waals surface area contributed by atoms with Gasteiger partial charge < -0.3 is 4.74 Å². The number of esters is 1. The Morgan fingerprint density at radius 2 is 2.60 bits per heavy atom. The van der Waals surface area contributed by atoms with Gasteiger partial charge in [-0.2, -0.15) is 10.5 Å². The van der Waals surface area contributed by atoms with Crippen LogP contribution in [0.25, 0.3) is 0 Å². The standard InChI is InChI=1S/C6H9N2O2/c1-2-10-6(9)5-3-4-7-8-5/h2-4H2,1H3. The molecule has 0 saturated carbocycles. The third kappa shape index (κ3) is 1.46. The molecule has 1 rings (SSSR count). The summed E-state index contributed by atoms with van der Waals surface area (Å²) in [5, 5.41) is 3.62. The van der Waals surface area contributed by atoms with Crippen LogP contribution in [-0.2, 0) is 9.53 Å². The normalized spacial score (nSPS) is 15.9. The maximum Gasteiger partial charge on any atom is 0.354 e. The molecule has 4 nitrogen and oxygen atoms in total. The molecule has 1 radical (unpaired) electrons. The Labute approximate surface area is 59.2 Å². The Morgan fingerprint density at radius 1 is 1.80 bits per heavy atom. The molecule has 0 spiro atoms. The van der Waals surface area contributed by atoms with Gasteiger partial charge in [0.25, 0.3) is 0 Å². The van der Waals surface area contributed by atoms with Crippen LogP contribution in [0.4, 0.5) is 0 Å². The molecule has 0 amide bonds. The number of ether oxygens (including phenoxy) is 1. The van der Waals surface area contributed by atoms with Gasteiger partial charge in [-0.1, -0.05) is 0 Å². The van der Waals surface area contributed by atoms with Crippen LogP contribution in [0.15, 0.2) is 5.10 Å². The van der Waals surface area contributed by atoms with Crippen molar-refractivity contribution >= 4 is 11.7 Å². The molecule has 0 aromatic carbocycles. The molecule has 0 aromatic heterocycles. The van der Waals surface area contributed by atoms with Crippen LogP contribution in [0.3, 0.4) is 0 Å². The highest BCUT2D eigenvalue weighted by Gasteiger charge is 2.16. The monoisotopic (exact) mass is 141 g/mol. The van der Waals surface area contributed by atoms with Crippen LogP contribution in [0.5, 0.6) is 0 Å². The van der Waals surface area contributed by atoms with Gasteiger partial charge in [0.15, 0.2) is 0 Å². The predicted octanol–water partition coefficient (Wildman–Crippen LogP) is -0.0864. The van der Waals surface area contributed by atoms with Gasteiger partial charge >= 0.3 is 5.97 Å². The van der Waals surface area contributed by atoms with Gasteiger partial charge in [-0.3, -0.25) is 0 Å². The van der Waals surface area contributed by atoms with E-state index in [4.69, 9.17) is 4.74 Å². The highest BCUT2D eigenvalue weighted by molar-refractivity contribution is 6.36. The van der Waals surface area contributed by atoms with Gasteiger partial charge in [-0.25, -0.2) is 4.79 Å². The molecule has 0 atom stereocenters. The van der Waals surface area contributed by atoms with Gasteiger partial charge in [0.1, 0.15) is 5.71 Å². The summed E-state index contributed by atoms with van der Waals surface area (Å²) in [4.78, 5) is 10.8. The Balaban J connectivity index is 2.40. The Morgan fingerprint density at radius 3 is 3.10 bits per heavy atom. The molecular weight excluding hydrogens is 132 g/mol. The number of hydrogen-bond donors (Lipinski definition) is 0. The maximum absolute atomic E-state index is 10.8. The minimum atomic E-state index is -0.330. The topological polar surface area (TPSA) is 52.8 Å². The second-order valence-electron chi connectivity index (χ2n) is 1.88. The minimum absolute atomic E-state index is 0.330. The predicted molar refractivity (Wildman–Crippen MR) is 35.7 cm³/mol. The quantitative estimate of drug-likeness (QED) is 0.505. The van der Waals surface area contributed by atoms with Crippen molar-refractivity contribution in [3.63, 3.8) is 0 Å². The zero-order valence-corrected chi connectivity index (χ0v) is 5.83. The third-order valence-corrected chi connectivity index (χ3v) is 1.15. The SMILES string of the molecule is CCOC(=O)C1=N[N]CC1. The van der Waals surface area contributed by atoms with E-state index in [0.29, 0.717) is 25.3 Å². The summed E-state index contributed by atoms with van der Waals surface area (Å²) in [5.41, 5.74) is 4.10. The largest absolute Gasteiger partial charge is 0.461 e. The lowest BCUT2D eigenvalue weighted by Crippen LogP contribution is -2.15. The molecule has 4 heteroatoms. The molecule has 0 N–H and O–H groups in total. The summed E-state index contributed by atoms with van der Waals surface area (Å²) >= 11 is 0. The van der Waals surface area contributed by atoms with Crippen molar-refractivity contribution in [1.29, 1.82) is 0 Å². The summed E-state index contributed by atoms with van der Waals surface area (Å²) in [6, 6.07) is 0. The Bertz CT molecular complexity index is 165. The van der Waals surface area contributed by atoms with E-state index >= 15 is 0 Å². The van der Waals surface area contributed by atoms with Crippen molar-refractivity contribution in [3.8, 4) is 0 Å². The number of carbonyl (C=O) groups is 1. The average molecular weight is 141 g/mol. The van der Waals surface area contributed by atoms with Crippen LogP contribution in [0, 0.1) is 0 Å². The average Bonchev–Trinajstić information content (AvgIpc) is 2.38. The highest BCUT2D eigenvalue weighted by atomic mass is 16.5. The fourth-order valence-corrected chi connectivity index (χ4v) is 0.699. The second-order valence-corrected chi connectivity index (χ2v) is 1.88. The van der Waals surface area contributed by atoms with Gasteiger partial charge in [-0.15, -0.1) is 0 Å². The van der Waals surface area contributed by atoms with Gasteiger partial charge in [0, 0.05) is 6.42 Å². The molecular formula is C6H9N2O2. The van der Waals surface area contributed by atoms with Gasteiger partial charge in [0.05, 0.1) is 13.2 Å². The number of hydrogen-bond acceptors (Lipinski definition) is 3. The van der Waals surface area contributed by atoms with E-state index in [1.807, 2.05) is 0 Å². The summed E-state index contributed by atoms with van der Waals surface area (Å²) in [5.74, 6) is -0.330. The summed E-state index contributed by atoms with van der Waals surface area (Å²) in [6.45, 7) is 2.79. The van der Waals surface area contributed by atoms with E-state index in [0.717, 1.165) is 0 Å². The molecule has 0 fully saturated rings. The van der Waals surface area contributed by atoms with Gasteiger partial charge in [0.2, 0.25) is 0 Å². The lowest BCUT2D eigenvalue weighted by molar-refractivity contribution is -0.135. The first-order valence-electron chi connectivity index (χ1n) is 3.25. The van der Waals surface area contributed by atoms with Crippen molar-refractivity contribution in [3.05, 3.63) is 0 Å². The van der Waals surface area contributed by atoms with Crippen molar-refractivity contribution in [1.82, 2.24) is 5.43 Å². The molecule has 0 unspecified atom stereocenters. The summed E-state index contributed by atoms with van der Waals surface area (Å²) in [6.07, 6.45) is 0.624. The van der Waals surface area contributed by atoms with E-state index in [1.54, 1.807) is 6.92 Å². The molecule has 0 aliphatic carbocycles. The fourth-order valence-electron chi connectivity index (χ4n) is 0.699. The van der Waals surface area contributed by atoms with Crippen LogP contribution in [0.2, 0.25) is 0 Å². The molecule has 10 heavy (non-hydrogen) atoms. The van der Waals surface area contributed by atoms with E-state index in [1.165, 1.54) is 0 Å². The second kappa shape index (κ2) is 3.20. The van der Waals surface area contributed by atoms with Crippen molar-refractivity contribution in [2.45, 2.75) is 13.3 Å². The first-order chi connectivity index (χ1) is 4.84. The molecule has 1 aliphatic heterocycles. The zero-order chi connectivity index (χ0) is 7.40. The van der Waals surface area contributed by atoms with Crippen molar-refractivity contribution in [2.75, 3.05) is 13.2 Å². The zero-order valence-electron chi connectivity index (χ0n) is 5.83. The van der Waals surface area contributed by atoms with Crippen LogP contribution in [0.1, 0.15) is 13.3 Å². The first kappa shape index (κ1) is 7.05. The van der Waals surface area contributed by atoms with Crippen LogP contribution in [-0.4, -0.2) is 24.8 Å². The molecule has 1 aliphatic rings. The van der Waals surface area contributed by atoms with E-state index < -0.39 is 0 Å². The molecule has 0 aromatic rings. The minimum Gasteiger partial charge on any atom is -0.461 e. The Kier molecular flexibility index (Phi) is 2.25. The first-order valence-corrected chi connectivity index (χ1v) is 3.25. The lowest BCUT2D eigenvalue weighted by atomic mass is 10.3. The van der Waals surface area contributed by atoms with E-state index in [9.17, 15) is 4.79 Å². The smallest absolute Gasteiger partial charge is 0.354 e. The molecule has 1 heterocycles. The van der Waals surface area contributed by atoms with E-state index in [2.05, 4.69) is 10.5 Å². The van der Waals surface area contributed by atoms with E-state index in [-0.39, 0.29) is 5.97 Å². The van der Waals surface area contributed by atoms with Crippen LogP contribution < -0.4 is 5.43 Å². The Hall–Kier alpha value is -1.06. The number of carbonyl (C=O) groups excluding carboxylic acids is 1.